The van der Waals surface area contributed by atoms with Gasteiger partial charge in [-0.25, -0.2) is 8.42 Å². The molecular weight excluding hydrogens is 316 g/mol. The van der Waals surface area contributed by atoms with E-state index in [4.69, 9.17) is 4.42 Å². The molecule has 0 saturated carbocycles. The fourth-order valence-electron chi connectivity index (χ4n) is 2.59. The predicted octanol–water partition coefficient (Wildman–Crippen LogP) is 2.62. The lowest BCUT2D eigenvalue weighted by molar-refractivity contribution is 0.0903. The molecule has 1 aliphatic rings. The maximum Gasteiger partial charge on any atom is 0.287 e. The van der Waals surface area contributed by atoms with Crippen LogP contribution in [-0.4, -0.2) is 37.8 Å². The fraction of sp³-hybridized carbons (Fsp3) is 0.688. The Bertz CT molecular complexity index is 630. The first-order chi connectivity index (χ1) is 10.8. The van der Waals surface area contributed by atoms with Gasteiger partial charge < -0.3 is 9.73 Å². The number of carbonyl (C=O) groups is 1. The number of nitrogens with one attached hydrogen (secondary N) is 1. The van der Waals surface area contributed by atoms with Crippen molar-refractivity contribution in [3.05, 3.63) is 17.9 Å². The summed E-state index contributed by atoms with van der Waals surface area (Å²) in [6.45, 7) is 7.23. The molecule has 1 N–H and O–H groups in total. The minimum absolute atomic E-state index is 0.0219. The highest BCUT2D eigenvalue weighted by molar-refractivity contribution is 7.89. The summed E-state index contributed by atoms with van der Waals surface area (Å²) in [6.07, 6.45) is 3.62. The number of sulfonamides is 1. The molecule has 23 heavy (non-hydrogen) atoms. The molecule has 7 heteroatoms. The zero-order valence-electron chi connectivity index (χ0n) is 14.0. The highest BCUT2D eigenvalue weighted by atomic mass is 32.2. The van der Waals surface area contributed by atoms with Gasteiger partial charge in [0.15, 0.2) is 5.76 Å². The Morgan fingerprint density at radius 2 is 1.87 bits per heavy atom. The van der Waals surface area contributed by atoms with Crippen LogP contribution in [0.25, 0.3) is 0 Å². The highest BCUT2D eigenvalue weighted by Crippen LogP contribution is 2.22. The van der Waals surface area contributed by atoms with Gasteiger partial charge in [-0.05, 0) is 50.7 Å². The van der Waals surface area contributed by atoms with E-state index in [-0.39, 0.29) is 22.8 Å². The van der Waals surface area contributed by atoms with Crippen molar-refractivity contribution >= 4 is 15.9 Å². The molecule has 0 aromatic carbocycles. The third kappa shape index (κ3) is 4.57. The van der Waals surface area contributed by atoms with Gasteiger partial charge >= 0.3 is 0 Å². The molecule has 0 aliphatic carbocycles. The minimum Gasteiger partial charge on any atom is -0.438 e. The molecular formula is C16H26N2O4S. The lowest BCUT2D eigenvalue weighted by Crippen LogP contribution is -2.32. The molecule has 1 aliphatic heterocycles. The molecule has 1 atom stereocenters. The van der Waals surface area contributed by atoms with Crippen LogP contribution >= 0.6 is 0 Å². The van der Waals surface area contributed by atoms with Crippen molar-refractivity contribution in [1.29, 1.82) is 0 Å². The molecule has 0 radical (unpaired) electrons. The summed E-state index contributed by atoms with van der Waals surface area (Å²) in [5.74, 6) is 0.249. The van der Waals surface area contributed by atoms with Crippen molar-refractivity contribution in [3.8, 4) is 0 Å². The van der Waals surface area contributed by atoms with Crippen LogP contribution < -0.4 is 5.32 Å². The van der Waals surface area contributed by atoms with Gasteiger partial charge in [0.2, 0.25) is 5.09 Å². The van der Waals surface area contributed by atoms with Crippen molar-refractivity contribution in [2.75, 3.05) is 13.1 Å². The van der Waals surface area contributed by atoms with Gasteiger partial charge in [-0.3, -0.25) is 4.79 Å². The van der Waals surface area contributed by atoms with Gasteiger partial charge in [-0.1, -0.05) is 13.8 Å². The molecule has 2 rings (SSSR count). The molecule has 1 fully saturated rings. The summed E-state index contributed by atoms with van der Waals surface area (Å²) >= 11 is 0. The van der Waals surface area contributed by atoms with Crippen molar-refractivity contribution in [1.82, 2.24) is 9.62 Å². The third-order valence-corrected chi connectivity index (χ3v) is 5.79. The maximum absolute atomic E-state index is 12.4. The average Bonchev–Trinajstić information content (AvgIpc) is 3.16. The van der Waals surface area contributed by atoms with Gasteiger partial charge in [0, 0.05) is 19.1 Å². The summed E-state index contributed by atoms with van der Waals surface area (Å²) in [5.41, 5.74) is 0. The molecule has 1 aromatic rings. The molecule has 2 heterocycles. The van der Waals surface area contributed by atoms with E-state index in [1.807, 2.05) is 6.92 Å². The van der Waals surface area contributed by atoms with E-state index in [2.05, 4.69) is 19.2 Å². The largest absolute Gasteiger partial charge is 0.438 e. The summed E-state index contributed by atoms with van der Waals surface area (Å²) in [4.78, 5) is 12.1. The summed E-state index contributed by atoms with van der Waals surface area (Å²) in [7, 11) is -3.61. The highest BCUT2D eigenvalue weighted by Gasteiger charge is 2.30. The zero-order valence-corrected chi connectivity index (χ0v) is 14.9. The lowest BCUT2D eigenvalue weighted by atomic mass is 10.0. The SMILES string of the molecule is CC(C)CCC(C)NC(=O)c1ccc(S(=O)(=O)N2CCCC2)o1. The van der Waals surface area contributed by atoms with Gasteiger partial charge in [-0.2, -0.15) is 4.31 Å². The van der Waals surface area contributed by atoms with E-state index in [1.165, 1.54) is 16.4 Å². The fourth-order valence-corrected chi connectivity index (χ4v) is 4.02. The molecule has 6 nitrogen and oxygen atoms in total. The lowest BCUT2D eigenvalue weighted by Gasteiger charge is -2.14. The number of furan rings is 1. The van der Waals surface area contributed by atoms with Crippen LogP contribution in [0.4, 0.5) is 0 Å². The van der Waals surface area contributed by atoms with Crippen LogP contribution in [-0.2, 0) is 10.0 Å². The van der Waals surface area contributed by atoms with Crippen LogP contribution in [0.3, 0.4) is 0 Å². The number of hydrogen-bond acceptors (Lipinski definition) is 4. The van der Waals surface area contributed by atoms with Crippen LogP contribution in [0, 0.1) is 5.92 Å². The van der Waals surface area contributed by atoms with Crippen LogP contribution in [0.2, 0.25) is 0 Å². The van der Waals surface area contributed by atoms with E-state index in [9.17, 15) is 13.2 Å². The molecule has 1 saturated heterocycles. The normalized spacial score (nSPS) is 17.6. The van der Waals surface area contributed by atoms with Crippen LogP contribution in [0.1, 0.15) is 57.0 Å². The Kier molecular flexibility index (Phi) is 5.86. The Balaban J connectivity index is 1.99. The number of rotatable bonds is 7. The Labute approximate surface area is 138 Å². The first kappa shape index (κ1) is 18.0. The Morgan fingerprint density at radius 1 is 1.22 bits per heavy atom. The van der Waals surface area contributed by atoms with E-state index < -0.39 is 10.0 Å². The molecule has 0 bridgehead atoms. The smallest absolute Gasteiger partial charge is 0.287 e. The van der Waals surface area contributed by atoms with Gasteiger partial charge in [0.05, 0.1) is 0 Å². The van der Waals surface area contributed by atoms with Crippen molar-refractivity contribution in [2.45, 2.75) is 57.6 Å². The standard InChI is InChI=1S/C16H26N2O4S/c1-12(2)6-7-13(3)17-16(19)14-8-9-15(22-14)23(20,21)18-10-4-5-11-18/h8-9,12-13H,4-7,10-11H2,1-3H3,(H,17,19). The molecule has 1 aromatic heterocycles. The summed E-state index contributed by atoms with van der Waals surface area (Å²) in [5, 5.41) is 2.69. The van der Waals surface area contributed by atoms with Gasteiger partial charge in [0.1, 0.15) is 0 Å². The molecule has 1 amide bonds. The zero-order chi connectivity index (χ0) is 17.0. The molecule has 1 unspecified atom stereocenters. The second kappa shape index (κ2) is 7.49. The summed E-state index contributed by atoms with van der Waals surface area (Å²) < 4.78 is 31.5. The summed E-state index contributed by atoms with van der Waals surface area (Å²) in [6, 6.07) is 2.81. The van der Waals surface area contributed by atoms with Crippen LogP contribution in [0.5, 0.6) is 0 Å². The first-order valence-electron chi connectivity index (χ1n) is 8.21. The first-order valence-corrected chi connectivity index (χ1v) is 9.65. The average molecular weight is 342 g/mol. The van der Waals surface area contributed by atoms with Crippen molar-refractivity contribution in [3.63, 3.8) is 0 Å². The van der Waals surface area contributed by atoms with Gasteiger partial charge in [0.25, 0.3) is 15.9 Å². The Hall–Kier alpha value is -1.34. The second-order valence-corrected chi connectivity index (χ2v) is 8.44. The quantitative estimate of drug-likeness (QED) is 0.826. The molecule has 0 spiro atoms. The monoisotopic (exact) mass is 342 g/mol. The molecule has 130 valence electrons. The Morgan fingerprint density at radius 3 is 2.48 bits per heavy atom. The van der Waals surface area contributed by atoms with Gasteiger partial charge in [-0.15, -0.1) is 0 Å². The van der Waals surface area contributed by atoms with Crippen LogP contribution in [0.15, 0.2) is 21.6 Å². The maximum atomic E-state index is 12.4. The van der Waals surface area contributed by atoms with E-state index in [0.29, 0.717) is 19.0 Å². The number of hydrogen-bond donors (Lipinski definition) is 1. The predicted molar refractivity (Wildman–Crippen MR) is 87.7 cm³/mol. The minimum atomic E-state index is -3.61. The van der Waals surface area contributed by atoms with E-state index in [1.54, 1.807) is 0 Å². The number of nitrogens with zero attached hydrogens (tertiary/aromatic N) is 1. The number of amides is 1. The third-order valence-electron chi connectivity index (χ3n) is 4.02. The van der Waals surface area contributed by atoms with E-state index in [0.717, 1.165) is 25.7 Å². The number of carbonyl (C=O) groups excluding carboxylic acids is 1. The van der Waals surface area contributed by atoms with Crippen molar-refractivity contribution < 1.29 is 17.6 Å². The van der Waals surface area contributed by atoms with E-state index >= 15 is 0 Å². The second-order valence-electron chi connectivity index (χ2n) is 6.58. The van der Waals surface area contributed by atoms with Crippen molar-refractivity contribution in [2.24, 2.45) is 5.92 Å². The topological polar surface area (TPSA) is 79.6 Å².